The Morgan fingerprint density at radius 1 is 1.22 bits per heavy atom. The summed E-state index contributed by atoms with van der Waals surface area (Å²) in [6.07, 6.45) is 14.4. The number of likely N-dealkylation sites (tertiary alicyclic amines) is 1. The van der Waals surface area contributed by atoms with Gasteiger partial charge in [0.25, 0.3) is 0 Å². The van der Waals surface area contributed by atoms with E-state index in [0.717, 1.165) is 31.4 Å². The monoisotopic (exact) mass is 372 g/mol. The van der Waals surface area contributed by atoms with Crippen molar-refractivity contribution in [2.45, 2.75) is 76.3 Å². The molecule has 2 heterocycles. The summed E-state index contributed by atoms with van der Waals surface area (Å²) < 4.78 is 0. The van der Waals surface area contributed by atoms with Gasteiger partial charge in [0, 0.05) is 26.0 Å². The molecule has 5 nitrogen and oxygen atoms in total. The van der Waals surface area contributed by atoms with Crippen LogP contribution in [0.15, 0.2) is 24.5 Å². The number of aromatic nitrogens is 1. The molecule has 0 spiro atoms. The Morgan fingerprint density at radius 2 is 1.93 bits per heavy atom. The maximum absolute atomic E-state index is 13.2. The number of carbonyl (C=O) groups is 1. The molecule has 1 atom stereocenters. The molecule has 1 aliphatic heterocycles. The Balaban J connectivity index is 1.69. The normalized spacial score (nSPS) is 21.4. The van der Waals surface area contributed by atoms with Crippen LogP contribution < -0.4 is 5.32 Å². The minimum atomic E-state index is -0.0613. The van der Waals surface area contributed by atoms with E-state index in [1.807, 2.05) is 24.2 Å². The zero-order valence-corrected chi connectivity index (χ0v) is 17.1. The van der Waals surface area contributed by atoms with Gasteiger partial charge in [0.2, 0.25) is 0 Å². The third-order valence-electron chi connectivity index (χ3n) is 6.40. The molecule has 1 aromatic rings. The van der Waals surface area contributed by atoms with Gasteiger partial charge in [-0.15, -0.1) is 0 Å². The van der Waals surface area contributed by atoms with Crippen LogP contribution in [0.25, 0.3) is 0 Å². The summed E-state index contributed by atoms with van der Waals surface area (Å²) in [5, 5.41) is 3.49. The van der Waals surface area contributed by atoms with E-state index >= 15 is 0 Å². The van der Waals surface area contributed by atoms with Crippen molar-refractivity contribution < 1.29 is 4.79 Å². The fourth-order valence-corrected chi connectivity index (χ4v) is 4.86. The van der Waals surface area contributed by atoms with E-state index in [2.05, 4.69) is 28.2 Å². The van der Waals surface area contributed by atoms with Crippen molar-refractivity contribution in [1.82, 2.24) is 20.1 Å². The Morgan fingerprint density at radius 3 is 2.56 bits per heavy atom. The number of urea groups is 1. The SMILES string of the molecule is CC[C@@H](c1cccnc1)N(C)C(=O)NC1(CN2CCCCC2)CCCCC1. The van der Waals surface area contributed by atoms with Crippen molar-refractivity contribution in [1.29, 1.82) is 0 Å². The van der Waals surface area contributed by atoms with Crippen LogP contribution in [-0.4, -0.2) is 53.0 Å². The Bertz CT molecular complexity index is 579. The zero-order chi connectivity index (χ0) is 19.1. The smallest absolute Gasteiger partial charge is 0.318 e. The van der Waals surface area contributed by atoms with Crippen LogP contribution in [0.4, 0.5) is 4.79 Å². The van der Waals surface area contributed by atoms with Gasteiger partial charge in [-0.1, -0.05) is 38.7 Å². The third-order valence-corrected chi connectivity index (χ3v) is 6.40. The maximum Gasteiger partial charge on any atom is 0.318 e. The number of carbonyl (C=O) groups excluding carboxylic acids is 1. The first kappa shape index (κ1) is 20.1. The molecule has 5 heteroatoms. The first-order chi connectivity index (χ1) is 13.1. The first-order valence-electron chi connectivity index (χ1n) is 10.8. The topological polar surface area (TPSA) is 48.5 Å². The molecule has 1 aromatic heterocycles. The Hall–Kier alpha value is -1.62. The third kappa shape index (κ3) is 5.22. The van der Waals surface area contributed by atoms with Gasteiger partial charge >= 0.3 is 6.03 Å². The second kappa shape index (κ2) is 9.54. The average Bonchev–Trinajstić information content (AvgIpc) is 2.70. The standard InChI is InChI=1S/C22H36N4O/c1-3-20(19-11-10-14-23-17-19)25(2)21(27)24-22(12-6-4-7-13-22)18-26-15-8-5-9-16-26/h10-11,14,17,20H,3-9,12-13,15-16,18H2,1-2H3,(H,24,27)/t20-/m0/s1. The molecular weight excluding hydrogens is 336 g/mol. The summed E-state index contributed by atoms with van der Waals surface area (Å²) >= 11 is 0. The number of amides is 2. The van der Waals surface area contributed by atoms with Crippen molar-refractivity contribution in [3.8, 4) is 0 Å². The molecule has 3 rings (SSSR count). The summed E-state index contributed by atoms with van der Waals surface area (Å²) in [6.45, 7) is 5.50. The van der Waals surface area contributed by atoms with Crippen LogP contribution in [0.2, 0.25) is 0 Å². The van der Waals surface area contributed by atoms with E-state index in [1.54, 1.807) is 6.20 Å². The van der Waals surface area contributed by atoms with Crippen molar-refractivity contribution in [2.24, 2.45) is 0 Å². The lowest BCUT2D eigenvalue weighted by molar-refractivity contribution is 0.115. The predicted octanol–water partition coefficient (Wildman–Crippen LogP) is 4.36. The van der Waals surface area contributed by atoms with Crippen LogP contribution in [0.5, 0.6) is 0 Å². The van der Waals surface area contributed by atoms with Crippen LogP contribution >= 0.6 is 0 Å². The number of nitrogens with one attached hydrogen (secondary N) is 1. The van der Waals surface area contributed by atoms with Crippen molar-refractivity contribution in [2.75, 3.05) is 26.7 Å². The molecule has 0 aromatic carbocycles. The summed E-state index contributed by atoms with van der Waals surface area (Å²) in [7, 11) is 1.92. The number of piperidine rings is 1. The van der Waals surface area contributed by atoms with Gasteiger partial charge < -0.3 is 15.1 Å². The summed E-state index contributed by atoms with van der Waals surface area (Å²) in [5.74, 6) is 0. The van der Waals surface area contributed by atoms with Crippen LogP contribution in [0.3, 0.4) is 0 Å². The molecule has 2 fully saturated rings. The fraction of sp³-hybridized carbons (Fsp3) is 0.727. The first-order valence-corrected chi connectivity index (χ1v) is 10.8. The largest absolute Gasteiger partial charge is 0.331 e. The van der Waals surface area contributed by atoms with E-state index in [4.69, 9.17) is 0 Å². The van der Waals surface area contributed by atoms with Gasteiger partial charge in [-0.05, 0) is 56.8 Å². The van der Waals surface area contributed by atoms with Crippen LogP contribution in [-0.2, 0) is 0 Å². The Kier molecular flexibility index (Phi) is 7.11. The van der Waals surface area contributed by atoms with Crippen molar-refractivity contribution in [3.63, 3.8) is 0 Å². The number of nitrogens with zero attached hydrogens (tertiary/aromatic N) is 3. The van der Waals surface area contributed by atoms with Crippen molar-refractivity contribution >= 4 is 6.03 Å². The second-order valence-electron chi connectivity index (χ2n) is 8.43. The van der Waals surface area contributed by atoms with Gasteiger partial charge in [0.05, 0.1) is 11.6 Å². The molecule has 0 bridgehead atoms. The van der Waals surface area contributed by atoms with Gasteiger partial charge in [-0.3, -0.25) is 4.98 Å². The average molecular weight is 373 g/mol. The van der Waals surface area contributed by atoms with E-state index in [1.165, 1.54) is 51.6 Å². The number of hydrogen-bond acceptors (Lipinski definition) is 3. The minimum absolute atomic E-state index is 0.0598. The lowest BCUT2D eigenvalue weighted by atomic mass is 9.81. The molecule has 1 saturated heterocycles. The van der Waals surface area contributed by atoms with E-state index in [9.17, 15) is 4.79 Å². The molecule has 1 aliphatic carbocycles. The van der Waals surface area contributed by atoms with Gasteiger partial charge in [0.15, 0.2) is 0 Å². The summed E-state index contributed by atoms with van der Waals surface area (Å²) in [5.41, 5.74) is 1.04. The van der Waals surface area contributed by atoms with Crippen LogP contribution in [0, 0.1) is 0 Å². The minimum Gasteiger partial charge on any atom is -0.331 e. The molecule has 150 valence electrons. The van der Waals surface area contributed by atoms with Crippen molar-refractivity contribution in [3.05, 3.63) is 30.1 Å². The molecule has 0 unspecified atom stereocenters. The summed E-state index contributed by atoms with van der Waals surface area (Å²) in [4.78, 5) is 21.9. The fourth-order valence-electron chi connectivity index (χ4n) is 4.86. The second-order valence-corrected chi connectivity index (χ2v) is 8.43. The van der Waals surface area contributed by atoms with Crippen LogP contribution in [0.1, 0.15) is 76.3 Å². The highest BCUT2D eigenvalue weighted by molar-refractivity contribution is 5.75. The molecule has 2 amide bonds. The molecule has 0 radical (unpaired) electrons. The number of hydrogen-bond donors (Lipinski definition) is 1. The number of pyridine rings is 1. The molecular formula is C22H36N4O. The Labute approximate surface area is 164 Å². The van der Waals surface area contributed by atoms with E-state index in [0.29, 0.717) is 0 Å². The molecule has 27 heavy (non-hydrogen) atoms. The van der Waals surface area contributed by atoms with Gasteiger partial charge in [-0.25, -0.2) is 4.79 Å². The number of rotatable bonds is 6. The predicted molar refractivity (Wildman–Crippen MR) is 110 cm³/mol. The quantitative estimate of drug-likeness (QED) is 0.807. The van der Waals surface area contributed by atoms with Gasteiger partial charge in [0.1, 0.15) is 0 Å². The highest BCUT2D eigenvalue weighted by atomic mass is 16.2. The van der Waals surface area contributed by atoms with E-state index < -0.39 is 0 Å². The lowest BCUT2D eigenvalue weighted by Gasteiger charge is -2.44. The van der Waals surface area contributed by atoms with Gasteiger partial charge in [-0.2, -0.15) is 0 Å². The molecule has 1 saturated carbocycles. The lowest BCUT2D eigenvalue weighted by Crippen LogP contribution is -2.59. The maximum atomic E-state index is 13.2. The molecule has 2 aliphatic rings. The zero-order valence-electron chi connectivity index (χ0n) is 17.1. The molecule has 1 N–H and O–H groups in total. The highest BCUT2D eigenvalue weighted by Gasteiger charge is 2.37. The summed E-state index contributed by atoms with van der Waals surface area (Å²) in [6, 6.07) is 4.14. The highest BCUT2D eigenvalue weighted by Crippen LogP contribution is 2.31. The van der Waals surface area contributed by atoms with E-state index in [-0.39, 0.29) is 17.6 Å².